The molecule has 1 fully saturated rings. The minimum Gasteiger partial charge on any atom is -0.496 e. The zero-order chi connectivity index (χ0) is 13.9. The Bertz CT molecular complexity index is 587. The van der Waals surface area contributed by atoms with Crippen LogP contribution in [0.5, 0.6) is 5.75 Å². The summed E-state index contributed by atoms with van der Waals surface area (Å²) in [5.41, 5.74) is 3.56. The lowest BCUT2D eigenvalue weighted by Gasteiger charge is -2.11. The van der Waals surface area contributed by atoms with Gasteiger partial charge in [-0.25, -0.2) is 0 Å². The van der Waals surface area contributed by atoms with E-state index in [1.54, 1.807) is 7.11 Å². The molecule has 106 valence electrons. The number of nitrogens with one attached hydrogen (secondary N) is 1. The molecule has 1 aliphatic carbocycles. The Hall–Kier alpha value is -1.81. The lowest BCUT2D eigenvalue weighted by Crippen LogP contribution is -2.15. The van der Waals surface area contributed by atoms with Gasteiger partial charge in [0.05, 0.1) is 13.3 Å². The highest BCUT2D eigenvalue weighted by Crippen LogP contribution is 2.27. The fourth-order valence-electron chi connectivity index (χ4n) is 2.32. The molecule has 2 aromatic rings. The van der Waals surface area contributed by atoms with Gasteiger partial charge in [-0.05, 0) is 37.5 Å². The normalized spacial score (nSPS) is 14.5. The number of hydrogen-bond donors (Lipinski definition) is 1. The first-order valence-corrected chi connectivity index (χ1v) is 7.23. The van der Waals surface area contributed by atoms with E-state index in [4.69, 9.17) is 4.74 Å². The van der Waals surface area contributed by atoms with Crippen molar-refractivity contribution in [3.05, 3.63) is 36.2 Å². The van der Waals surface area contributed by atoms with Gasteiger partial charge in [-0.3, -0.25) is 4.68 Å². The number of methoxy groups -OCH3 is 1. The number of benzene rings is 1. The summed E-state index contributed by atoms with van der Waals surface area (Å²) in [6.07, 6.45) is 6.60. The Morgan fingerprint density at radius 1 is 1.35 bits per heavy atom. The maximum atomic E-state index is 5.45. The lowest BCUT2D eigenvalue weighted by atomic mass is 10.1. The van der Waals surface area contributed by atoms with Crippen LogP contribution in [0.25, 0.3) is 11.1 Å². The van der Waals surface area contributed by atoms with E-state index in [2.05, 4.69) is 35.7 Å². The molecule has 1 N–H and O–H groups in total. The molecule has 4 nitrogen and oxygen atoms in total. The van der Waals surface area contributed by atoms with Crippen LogP contribution in [0.1, 0.15) is 25.3 Å². The second-order valence-electron chi connectivity index (χ2n) is 5.27. The van der Waals surface area contributed by atoms with Gasteiger partial charge < -0.3 is 10.1 Å². The zero-order valence-corrected chi connectivity index (χ0v) is 12.1. The molecule has 0 aliphatic heterocycles. The minimum absolute atomic E-state index is 0.700. The van der Waals surface area contributed by atoms with Crippen molar-refractivity contribution in [2.24, 2.45) is 0 Å². The first kappa shape index (κ1) is 13.2. The van der Waals surface area contributed by atoms with Gasteiger partial charge in [0, 0.05) is 36.5 Å². The molecule has 4 heteroatoms. The summed E-state index contributed by atoms with van der Waals surface area (Å²) in [6, 6.07) is 7.04. The van der Waals surface area contributed by atoms with Crippen LogP contribution in [0.2, 0.25) is 0 Å². The van der Waals surface area contributed by atoms with Crippen molar-refractivity contribution >= 4 is 0 Å². The fraction of sp³-hybridized carbons (Fsp3) is 0.438. The number of aromatic nitrogens is 2. The van der Waals surface area contributed by atoms with Gasteiger partial charge in [0.25, 0.3) is 0 Å². The summed E-state index contributed by atoms with van der Waals surface area (Å²) in [6.45, 7) is 3.85. The van der Waals surface area contributed by atoms with Crippen LogP contribution in [0, 0.1) is 0 Å². The van der Waals surface area contributed by atoms with Crippen molar-refractivity contribution in [3.8, 4) is 16.9 Å². The van der Waals surface area contributed by atoms with Gasteiger partial charge in [-0.1, -0.05) is 6.07 Å². The second kappa shape index (κ2) is 5.67. The number of nitrogens with zero attached hydrogens (tertiary/aromatic N) is 2. The molecule has 0 unspecified atom stereocenters. The smallest absolute Gasteiger partial charge is 0.123 e. The Morgan fingerprint density at radius 3 is 2.85 bits per heavy atom. The predicted molar refractivity (Wildman–Crippen MR) is 79.8 cm³/mol. The standard InChI is InChI=1S/C16H21N3O/c1-3-19-11-14(10-18-19)12-4-7-16(20-2)13(8-12)9-17-15-5-6-15/h4,7-8,10-11,15,17H,3,5-6,9H2,1-2H3. The third kappa shape index (κ3) is 2.85. The zero-order valence-electron chi connectivity index (χ0n) is 12.1. The van der Waals surface area contributed by atoms with Crippen molar-refractivity contribution in [2.75, 3.05) is 7.11 Å². The summed E-state index contributed by atoms with van der Waals surface area (Å²) in [5.74, 6) is 0.949. The van der Waals surface area contributed by atoms with E-state index in [1.165, 1.54) is 24.0 Å². The Labute approximate surface area is 119 Å². The van der Waals surface area contributed by atoms with E-state index >= 15 is 0 Å². The first-order chi connectivity index (χ1) is 9.80. The quantitative estimate of drug-likeness (QED) is 0.878. The number of aryl methyl sites for hydroxylation is 1. The topological polar surface area (TPSA) is 39.1 Å². The van der Waals surface area contributed by atoms with Crippen LogP contribution in [-0.4, -0.2) is 22.9 Å². The fourth-order valence-corrected chi connectivity index (χ4v) is 2.32. The number of hydrogen-bond acceptors (Lipinski definition) is 3. The van der Waals surface area contributed by atoms with Crippen LogP contribution < -0.4 is 10.1 Å². The molecular weight excluding hydrogens is 250 g/mol. The largest absolute Gasteiger partial charge is 0.496 e. The maximum Gasteiger partial charge on any atom is 0.123 e. The maximum absolute atomic E-state index is 5.45. The van der Waals surface area contributed by atoms with E-state index in [0.29, 0.717) is 6.04 Å². The van der Waals surface area contributed by atoms with Gasteiger partial charge in [0.2, 0.25) is 0 Å². The molecular formula is C16H21N3O. The molecule has 0 radical (unpaired) electrons. The molecule has 1 saturated carbocycles. The van der Waals surface area contributed by atoms with Crippen molar-refractivity contribution in [1.29, 1.82) is 0 Å². The highest BCUT2D eigenvalue weighted by Gasteiger charge is 2.20. The average Bonchev–Trinajstić information content (AvgIpc) is 3.19. The highest BCUT2D eigenvalue weighted by atomic mass is 16.5. The Morgan fingerprint density at radius 2 is 2.20 bits per heavy atom. The van der Waals surface area contributed by atoms with Crippen LogP contribution >= 0.6 is 0 Å². The third-order valence-corrected chi connectivity index (χ3v) is 3.73. The molecule has 0 atom stereocenters. The van der Waals surface area contributed by atoms with Crippen molar-refractivity contribution in [3.63, 3.8) is 0 Å². The molecule has 20 heavy (non-hydrogen) atoms. The summed E-state index contributed by atoms with van der Waals surface area (Å²) in [5, 5.41) is 7.88. The van der Waals surface area contributed by atoms with E-state index in [0.717, 1.165) is 24.4 Å². The molecule has 0 saturated heterocycles. The number of ether oxygens (including phenoxy) is 1. The van der Waals surface area contributed by atoms with Gasteiger partial charge in [0.15, 0.2) is 0 Å². The van der Waals surface area contributed by atoms with E-state index < -0.39 is 0 Å². The monoisotopic (exact) mass is 271 g/mol. The highest BCUT2D eigenvalue weighted by molar-refractivity contribution is 5.64. The summed E-state index contributed by atoms with van der Waals surface area (Å²) in [7, 11) is 1.73. The van der Waals surface area contributed by atoms with Gasteiger partial charge in [-0.15, -0.1) is 0 Å². The molecule has 1 aromatic carbocycles. The molecule has 0 spiro atoms. The first-order valence-electron chi connectivity index (χ1n) is 7.23. The van der Waals surface area contributed by atoms with Gasteiger partial charge in [-0.2, -0.15) is 5.10 Å². The molecule has 3 rings (SSSR count). The minimum atomic E-state index is 0.700. The van der Waals surface area contributed by atoms with Crippen LogP contribution in [-0.2, 0) is 13.1 Å². The number of rotatable bonds is 6. The van der Waals surface area contributed by atoms with E-state index in [1.807, 2.05) is 16.9 Å². The molecule has 1 aromatic heterocycles. The van der Waals surface area contributed by atoms with Crippen LogP contribution in [0.4, 0.5) is 0 Å². The third-order valence-electron chi connectivity index (χ3n) is 3.73. The Kier molecular flexibility index (Phi) is 3.74. The molecule has 0 bridgehead atoms. The predicted octanol–water partition coefficient (Wildman–Crippen LogP) is 2.83. The second-order valence-corrected chi connectivity index (χ2v) is 5.27. The molecule has 1 heterocycles. The summed E-state index contributed by atoms with van der Waals surface area (Å²) in [4.78, 5) is 0. The van der Waals surface area contributed by atoms with Gasteiger partial charge in [0.1, 0.15) is 5.75 Å². The van der Waals surface area contributed by atoms with E-state index in [-0.39, 0.29) is 0 Å². The average molecular weight is 271 g/mol. The summed E-state index contributed by atoms with van der Waals surface area (Å²) < 4.78 is 7.40. The molecule has 1 aliphatic rings. The van der Waals surface area contributed by atoms with E-state index in [9.17, 15) is 0 Å². The Balaban J connectivity index is 1.84. The van der Waals surface area contributed by atoms with Crippen molar-refractivity contribution < 1.29 is 4.74 Å². The van der Waals surface area contributed by atoms with Crippen LogP contribution in [0.15, 0.2) is 30.6 Å². The van der Waals surface area contributed by atoms with Crippen LogP contribution in [0.3, 0.4) is 0 Å². The van der Waals surface area contributed by atoms with Crippen molar-refractivity contribution in [2.45, 2.75) is 38.9 Å². The lowest BCUT2D eigenvalue weighted by molar-refractivity contribution is 0.407. The summed E-state index contributed by atoms with van der Waals surface area (Å²) >= 11 is 0. The SMILES string of the molecule is CCn1cc(-c2ccc(OC)c(CNC3CC3)c2)cn1. The molecule has 0 amide bonds. The van der Waals surface area contributed by atoms with Gasteiger partial charge >= 0.3 is 0 Å². The van der Waals surface area contributed by atoms with Crippen molar-refractivity contribution in [1.82, 2.24) is 15.1 Å².